The van der Waals surface area contributed by atoms with Crippen LogP contribution >= 0.6 is 0 Å². The summed E-state index contributed by atoms with van der Waals surface area (Å²) in [6.45, 7) is 1.61. The highest BCUT2D eigenvalue weighted by molar-refractivity contribution is 5.88. The highest BCUT2D eigenvalue weighted by Gasteiger charge is 2.22. The van der Waals surface area contributed by atoms with Crippen LogP contribution in [0.25, 0.3) is 0 Å². The van der Waals surface area contributed by atoms with Gasteiger partial charge in [-0.25, -0.2) is 9.78 Å². The molecule has 1 aromatic heterocycles. The van der Waals surface area contributed by atoms with Gasteiger partial charge in [-0.15, -0.1) is 0 Å². The Balaban J connectivity index is 1.85. The third-order valence-electron chi connectivity index (χ3n) is 3.06. The van der Waals surface area contributed by atoms with Crippen molar-refractivity contribution in [3.63, 3.8) is 0 Å². The summed E-state index contributed by atoms with van der Waals surface area (Å²) in [7, 11) is 0. The molecule has 0 radical (unpaired) electrons. The second kappa shape index (κ2) is 5.63. The van der Waals surface area contributed by atoms with Crippen LogP contribution in [0.2, 0.25) is 0 Å². The smallest absolute Gasteiger partial charge is 0.323 e. The lowest BCUT2D eigenvalue weighted by molar-refractivity contribution is 0.143. The highest BCUT2D eigenvalue weighted by Crippen LogP contribution is 2.17. The van der Waals surface area contributed by atoms with E-state index in [4.69, 9.17) is 5.11 Å². The molecule has 1 saturated heterocycles. The first-order chi connectivity index (χ1) is 8.29. The van der Waals surface area contributed by atoms with Gasteiger partial charge in [-0.1, -0.05) is 6.07 Å². The summed E-state index contributed by atoms with van der Waals surface area (Å²) in [5.74, 6) is 0.913. The van der Waals surface area contributed by atoms with Crippen LogP contribution < -0.4 is 5.32 Å². The number of aliphatic hydroxyl groups excluding tert-OH is 1. The zero-order valence-electron chi connectivity index (χ0n) is 9.67. The number of amides is 2. The van der Waals surface area contributed by atoms with Gasteiger partial charge in [0.1, 0.15) is 5.82 Å². The number of carbonyl (C=O) groups excluding carboxylic acids is 1. The minimum atomic E-state index is -0.111. The first-order valence-electron chi connectivity index (χ1n) is 5.87. The van der Waals surface area contributed by atoms with Gasteiger partial charge in [-0.2, -0.15) is 0 Å². The molecule has 0 saturated carbocycles. The number of anilines is 1. The fourth-order valence-electron chi connectivity index (χ4n) is 1.94. The Morgan fingerprint density at radius 2 is 2.24 bits per heavy atom. The summed E-state index contributed by atoms with van der Waals surface area (Å²) in [6.07, 6.45) is 3.38. The minimum absolute atomic E-state index is 0.111. The topological polar surface area (TPSA) is 65.5 Å². The van der Waals surface area contributed by atoms with Gasteiger partial charge in [-0.3, -0.25) is 5.32 Å². The Bertz CT molecular complexity index is 361. The van der Waals surface area contributed by atoms with Crippen molar-refractivity contribution in [2.75, 3.05) is 25.0 Å². The van der Waals surface area contributed by atoms with Crippen molar-refractivity contribution in [3.05, 3.63) is 24.4 Å². The number of aromatic nitrogens is 1. The maximum absolute atomic E-state index is 11.9. The standard InChI is InChI=1S/C12H17N3O2/c16-9-10-4-7-15(8-5-10)12(17)14-11-3-1-2-6-13-11/h1-3,6,10,16H,4-5,7-9H2,(H,13,14,17). The van der Waals surface area contributed by atoms with Crippen molar-refractivity contribution in [3.8, 4) is 0 Å². The lowest BCUT2D eigenvalue weighted by atomic mass is 9.98. The van der Waals surface area contributed by atoms with E-state index in [2.05, 4.69) is 10.3 Å². The van der Waals surface area contributed by atoms with Crippen LogP contribution in [0.5, 0.6) is 0 Å². The molecule has 0 bridgehead atoms. The quantitative estimate of drug-likeness (QED) is 0.812. The zero-order valence-corrected chi connectivity index (χ0v) is 9.67. The van der Waals surface area contributed by atoms with Gasteiger partial charge in [-0.05, 0) is 30.9 Å². The number of rotatable bonds is 2. The molecule has 1 aliphatic heterocycles. The number of likely N-dealkylation sites (tertiary alicyclic amines) is 1. The van der Waals surface area contributed by atoms with Crippen molar-refractivity contribution >= 4 is 11.8 Å². The minimum Gasteiger partial charge on any atom is -0.396 e. The summed E-state index contributed by atoms with van der Waals surface area (Å²) in [5, 5.41) is 11.8. The average Bonchev–Trinajstić information content (AvgIpc) is 2.40. The van der Waals surface area contributed by atoms with Crippen LogP contribution in [0.1, 0.15) is 12.8 Å². The molecule has 17 heavy (non-hydrogen) atoms. The number of hydrogen-bond acceptors (Lipinski definition) is 3. The first kappa shape index (κ1) is 11.9. The molecule has 1 aliphatic rings. The molecule has 0 spiro atoms. The van der Waals surface area contributed by atoms with Crippen molar-refractivity contribution in [1.29, 1.82) is 0 Å². The molecule has 1 fully saturated rings. The number of nitrogens with one attached hydrogen (secondary N) is 1. The number of piperidine rings is 1. The van der Waals surface area contributed by atoms with Gasteiger partial charge in [0.25, 0.3) is 0 Å². The second-order valence-corrected chi connectivity index (χ2v) is 4.26. The molecule has 92 valence electrons. The van der Waals surface area contributed by atoms with E-state index in [1.165, 1.54) is 0 Å². The fraction of sp³-hybridized carbons (Fsp3) is 0.500. The van der Waals surface area contributed by atoms with Crippen molar-refractivity contribution in [2.24, 2.45) is 5.92 Å². The van der Waals surface area contributed by atoms with Crippen LogP contribution in [0, 0.1) is 5.92 Å². The first-order valence-corrected chi connectivity index (χ1v) is 5.87. The van der Waals surface area contributed by atoms with Crippen LogP contribution in [-0.2, 0) is 0 Å². The van der Waals surface area contributed by atoms with E-state index in [1.807, 2.05) is 12.1 Å². The van der Waals surface area contributed by atoms with Crippen LogP contribution in [0.15, 0.2) is 24.4 Å². The molecule has 2 amide bonds. The highest BCUT2D eigenvalue weighted by atomic mass is 16.3. The molecular formula is C12H17N3O2. The molecule has 2 heterocycles. The van der Waals surface area contributed by atoms with E-state index in [9.17, 15) is 4.79 Å². The molecule has 5 nitrogen and oxygen atoms in total. The Morgan fingerprint density at radius 1 is 1.47 bits per heavy atom. The molecule has 2 rings (SSSR count). The molecule has 0 aliphatic carbocycles. The van der Waals surface area contributed by atoms with Crippen molar-refractivity contribution in [2.45, 2.75) is 12.8 Å². The lowest BCUT2D eigenvalue weighted by Gasteiger charge is -2.30. The van der Waals surface area contributed by atoms with Crippen LogP contribution in [0.4, 0.5) is 10.6 Å². The van der Waals surface area contributed by atoms with E-state index in [0.717, 1.165) is 12.8 Å². The summed E-state index contributed by atoms with van der Waals surface area (Å²) in [6, 6.07) is 5.29. The monoisotopic (exact) mass is 235 g/mol. The van der Waals surface area contributed by atoms with E-state index < -0.39 is 0 Å². The molecule has 5 heteroatoms. The van der Waals surface area contributed by atoms with Crippen LogP contribution in [0.3, 0.4) is 0 Å². The Labute approximate surface area is 100 Å². The third kappa shape index (κ3) is 3.17. The molecule has 0 unspecified atom stereocenters. The fourth-order valence-corrected chi connectivity index (χ4v) is 1.94. The Kier molecular flexibility index (Phi) is 3.93. The summed E-state index contributed by atoms with van der Waals surface area (Å²) >= 11 is 0. The molecule has 0 atom stereocenters. The van der Waals surface area contributed by atoms with E-state index in [0.29, 0.717) is 24.8 Å². The number of carbonyl (C=O) groups is 1. The van der Waals surface area contributed by atoms with Gasteiger partial charge in [0.2, 0.25) is 0 Å². The molecule has 0 aromatic carbocycles. The lowest BCUT2D eigenvalue weighted by Crippen LogP contribution is -2.41. The predicted octanol–water partition coefficient (Wildman–Crippen LogP) is 1.32. The normalized spacial score (nSPS) is 16.9. The average molecular weight is 235 g/mol. The van der Waals surface area contributed by atoms with Gasteiger partial charge < -0.3 is 10.0 Å². The van der Waals surface area contributed by atoms with Gasteiger partial charge in [0.05, 0.1) is 0 Å². The number of aliphatic hydroxyl groups is 1. The summed E-state index contributed by atoms with van der Waals surface area (Å²) < 4.78 is 0. The molecule has 2 N–H and O–H groups in total. The molecular weight excluding hydrogens is 218 g/mol. The van der Waals surface area contributed by atoms with E-state index in [1.54, 1.807) is 17.2 Å². The van der Waals surface area contributed by atoms with Crippen LogP contribution in [-0.4, -0.2) is 40.7 Å². The van der Waals surface area contributed by atoms with E-state index in [-0.39, 0.29) is 12.6 Å². The van der Waals surface area contributed by atoms with Crippen molar-refractivity contribution < 1.29 is 9.90 Å². The van der Waals surface area contributed by atoms with Gasteiger partial charge in [0, 0.05) is 25.9 Å². The number of urea groups is 1. The molecule has 1 aromatic rings. The maximum Gasteiger partial charge on any atom is 0.323 e. The van der Waals surface area contributed by atoms with Gasteiger partial charge >= 0.3 is 6.03 Å². The van der Waals surface area contributed by atoms with E-state index >= 15 is 0 Å². The largest absolute Gasteiger partial charge is 0.396 e. The summed E-state index contributed by atoms with van der Waals surface area (Å²) in [4.78, 5) is 17.7. The van der Waals surface area contributed by atoms with Crippen molar-refractivity contribution in [1.82, 2.24) is 9.88 Å². The Morgan fingerprint density at radius 3 is 2.82 bits per heavy atom. The second-order valence-electron chi connectivity index (χ2n) is 4.26. The third-order valence-corrected chi connectivity index (χ3v) is 3.06. The zero-order chi connectivity index (χ0) is 12.1. The summed E-state index contributed by atoms with van der Waals surface area (Å²) in [5.41, 5.74) is 0. The number of hydrogen-bond donors (Lipinski definition) is 2. The SMILES string of the molecule is O=C(Nc1ccccn1)N1CCC(CO)CC1. The number of pyridine rings is 1. The predicted molar refractivity (Wildman–Crippen MR) is 64.6 cm³/mol. The maximum atomic E-state index is 11.9. The number of nitrogens with zero attached hydrogens (tertiary/aromatic N) is 2. The van der Waals surface area contributed by atoms with Gasteiger partial charge in [0.15, 0.2) is 0 Å². The Hall–Kier alpha value is -1.62.